The lowest BCUT2D eigenvalue weighted by atomic mass is 10.0. The number of amides is 1. The number of nitrogens with zero attached hydrogens (tertiary/aromatic N) is 1. The van der Waals surface area contributed by atoms with Gasteiger partial charge >= 0.3 is 0 Å². The number of carbonyl (C=O) groups excluding carboxylic acids is 1. The maximum Gasteiger partial charge on any atom is 0.256 e. The Balaban J connectivity index is 1.72. The second-order valence-corrected chi connectivity index (χ2v) is 6.64. The minimum Gasteiger partial charge on any atom is -0.497 e. The van der Waals surface area contributed by atoms with Gasteiger partial charge in [-0.25, -0.2) is 5.01 Å². The maximum absolute atomic E-state index is 12.4. The van der Waals surface area contributed by atoms with Crippen molar-refractivity contribution in [1.29, 1.82) is 0 Å². The van der Waals surface area contributed by atoms with Gasteiger partial charge in [-0.2, -0.15) is 0 Å². The topological polar surface area (TPSA) is 41.6 Å². The number of benzene rings is 3. The number of hydrogen-bond donors (Lipinski definition) is 1. The van der Waals surface area contributed by atoms with Crippen LogP contribution >= 0.6 is 11.6 Å². The molecule has 0 fully saturated rings. The molecular weight excluding hydrogens is 360 g/mol. The van der Waals surface area contributed by atoms with Gasteiger partial charge < -0.3 is 4.74 Å². The number of fused-ring (bicyclic) bond motifs is 1. The lowest BCUT2D eigenvalue weighted by Gasteiger charge is -2.24. The summed E-state index contributed by atoms with van der Waals surface area (Å²) in [5.41, 5.74) is 6.13. The highest BCUT2D eigenvalue weighted by Crippen LogP contribution is 2.33. The lowest BCUT2D eigenvalue weighted by molar-refractivity contribution is -0.131. The predicted molar refractivity (Wildman–Crippen MR) is 108 cm³/mol. The standard InChI is InChI=1S/C22H19ClN2O2/c1-27-19-10-8-16(9-11-19)21-13-20(24-25(21)22(26)14-23)18-7-6-15-4-2-3-5-17(15)12-18/h2-13,21,24H,14H2,1H3/t21-/m1/s1. The Labute approximate surface area is 163 Å². The molecule has 1 aliphatic heterocycles. The smallest absolute Gasteiger partial charge is 0.256 e. The van der Waals surface area contributed by atoms with Crippen molar-refractivity contribution >= 4 is 34.0 Å². The van der Waals surface area contributed by atoms with E-state index in [1.165, 1.54) is 5.39 Å². The third kappa shape index (κ3) is 3.36. The first kappa shape index (κ1) is 17.4. The Kier molecular flexibility index (Phi) is 4.73. The Hall–Kier alpha value is -2.98. The molecule has 1 aliphatic rings. The summed E-state index contributed by atoms with van der Waals surface area (Å²) in [5.74, 6) is 0.515. The van der Waals surface area contributed by atoms with E-state index in [9.17, 15) is 4.79 Å². The minimum absolute atomic E-state index is 0.0848. The summed E-state index contributed by atoms with van der Waals surface area (Å²) in [6, 6.07) is 21.9. The summed E-state index contributed by atoms with van der Waals surface area (Å²) in [4.78, 5) is 12.4. The van der Waals surface area contributed by atoms with Crippen LogP contribution in [0.25, 0.3) is 16.5 Å². The van der Waals surface area contributed by atoms with Crippen molar-refractivity contribution in [3.05, 3.63) is 83.9 Å². The largest absolute Gasteiger partial charge is 0.497 e. The molecular formula is C22H19ClN2O2. The van der Waals surface area contributed by atoms with Crippen LogP contribution in [0.3, 0.4) is 0 Å². The van der Waals surface area contributed by atoms with Crippen LogP contribution in [0.1, 0.15) is 17.2 Å². The van der Waals surface area contributed by atoms with Gasteiger partial charge in [0.15, 0.2) is 0 Å². The van der Waals surface area contributed by atoms with Gasteiger partial charge in [0.25, 0.3) is 5.91 Å². The SMILES string of the molecule is COc1ccc([C@H]2C=C(c3ccc4ccccc4c3)NN2C(=O)CCl)cc1. The molecule has 5 heteroatoms. The summed E-state index contributed by atoms with van der Waals surface area (Å²) < 4.78 is 5.23. The molecule has 27 heavy (non-hydrogen) atoms. The van der Waals surface area contributed by atoms with Crippen LogP contribution in [-0.4, -0.2) is 23.9 Å². The molecule has 0 unspecified atom stereocenters. The molecule has 3 aromatic rings. The number of alkyl halides is 1. The molecule has 0 saturated heterocycles. The summed E-state index contributed by atoms with van der Waals surface area (Å²) in [6.07, 6.45) is 2.05. The van der Waals surface area contributed by atoms with Crippen LogP contribution in [0.2, 0.25) is 0 Å². The van der Waals surface area contributed by atoms with Gasteiger partial charge in [-0.1, -0.05) is 48.5 Å². The number of methoxy groups -OCH3 is 1. The van der Waals surface area contributed by atoms with Crippen molar-refractivity contribution < 1.29 is 9.53 Å². The van der Waals surface area contributed by atoms with Crippen LogP contribution in [0.15, 0.2) is 72.8 Å². The Morgan fingerprint density at radius 1 is 1.07 bits per heavy atom. The highest BCUT2D eigenvalue weighted by atomic mass is 35.5. The van der Waals surface area contributed by atoms with Crippen LogP contribution in [0.5, 0.6) is 5.75 Å². The third-order valence-corrected chi connectivity index (χ3v) is 4.97. The summed E-state index contributed by atoms with van der Waals surface area (Å²) >= 11 is 5.83. The van der Waals surface area contributed by atoms with E-state index in [2.05, 4.69) is 41.8 Å². The van der Waals surface area contributed by atoms with Crippen molar-refractivity contribution in [2.75, 3.05) is 13.0 Å². The number of carbonyl (C=O) groups is 1. The number of rotatable bonds is 4. The normalized spacial score (nSPS) is 16.1. The van der Waals surface area contributed by atoms with E-state index in [0.717, 1.165) is 28.0 Å². The Morgan fingerprint density at radius 3 is 2.52 bits per heavy atom. The maximum atomic E-state index is 12.4. The molecule has 1 amide bonds. The lowest BCUT2D eigenvalue weighted by Crippen LogP contribution is -2.40. The van der Waals surface area contributed by atoms with E-state index >= 15 is 0 Å². The summed E-state index contributed by atoms with van der Waals surface area (Å²) in [6.45, 7) is 0. The van der Waals surface area contributed by atoms with E-state index in [0.29, 0.717) is 0 Å². The molecule has 1 atom stereocenters. The van der Waals surface area contributed by atoms with E-state index < -0.39 is 0 Å². The van der Waals surface area contributed by atoms with E-state index in [1.54, 1.807) is 12.1 Å². The van der Waals surface area contributed by atoms with Gasteiger partial charge in [-0.15, -0.1) is 11.6 Å². The minimum atomic E-state index is -0.233. The number of halogens is 1. The van der Waals surface area contributed by atoms with Gasteiger partial charge in [0.05, 0.1) is 18.8 Å². The summed E-state index contributed by atoms with van der Waals surface area (Å²) in [7, 11) is 1.63. The molecule has 1 heterocycles. The fraction of sp³-hybridized carbons (Fsp3) is 0.136. The molecule has 0 aromatic heterocycles. The first-order valence-corrected chi connectivity index (χ1v) is 9.22. The molecule has 1 N–H and O–H groups in total. The van der Waals surface area contributed by atoms with Crippen LogP contribution < -0.4 is 10.2 Å². The zero-order valence-corrected chi connectivity index (χ0v) is 15.6. The first-order chi connectivity index (χ1) is 13.2. The van der Waals surface area contributed by atoms with Crippen LogP contribution in [-0.2, 0) is 4.79 Å². The molecule has 4 rings (SSSR count). The van der Waals surface area contributed by atoms with Crippen LogP contribution in [0.4, 0.5) is 0 Å². The van der Waals surface area contributed by atoms with Crippen LogP contribution in [0, 0.1) is 0 Å². The van der Waals surface area contributed by atoms with Crippen molar-refractivity contribution in [1.82, 2.24) is 10.4 Å². The predicted octanol–water partition coefficient (Wildman–Crippen LogP) is 4.52. The Morgan fingerprint density at radius 2 is 1.81 bits per heavy atom. The van der Waals surface area contributed by atoms with E-state index in [-0.39, 0.29) is 17.8 Å². The number of ether oxygens (including phenoxy) is 1. The zero-order chi connectivity index (χ0) is 18.8. The Bertz CT molecular complexity index is 1010. The average molecular weight is 379 g/mol. The molecule has 0 spiro atoms. The first-order valence-electron chi connectivity index (χ1n) is 8.69. The molecule has 0 aliphatic carbocycles. The number of hydrazine groups is 1. The van der Waals surface area contributed by atoms with E-state index in [4.69, 9.17) is 16.3 Å². The van der Waals surface area contributed by atoms with Gasteiger partial charge in [0.1, 0.15) is 11.6 Å². The zero-order valence-electron chi connectivity index (χ0n) is 14.9. The molecule has 0 saturated carbocycles. The van der Waals surface area contributed by atoms with Crippen molar-refractivity contribution in [3.63, 3.8) is 0 Å². The van der Waals surface area contributed by atoms with Crippen molar-refractivity contribution in [3.8, 4) is 5.75 Å². The van der Waals surface area contributed by atoms with Gasteiger partial charge in [0.2, 0.25) is 0 Å². The molecule has 136 valence electrons. The number of hydrogen-bond acceptors (Lipinski definition) is 3. The quantitative estimate of drug-likeness (QED) is 0.679. The van der Waals surface area contributed by atoms with E-state index in [1.807, 2.05) is 36.4 Å². The average Bonchev–Trinajstić information content (AvgIpc) is 3.18. The van der Waals surface area contributed by atoms with Gasteiger partial charge in [-0.3, -0.25) is 10.2 Å². The summed E-state index contributed by atoms with van der Waals surface area (Å²) in [5, 5.41) is 3.92. The second kappa shape index (κ2) is 7.33. The fourth-order valence-corrected chi connectivity index (χ4v) is 3.44. The third-order valence-electron chi connectivity index (χ3n) is 4.74. The monoisotopic (exact) mass is 378 g/mol. The highest BCUT2D eigenvalue weighted by molar-refractivity contribution is 6.27. The molecule has 0 bridgehead atoms. The van der Waals surface area contributed by atoms with Crippen molar-refractivity contribution in [2.24, 2.45) is 0 Å². The number of nitrogens with one attached hydrogen (secondary N) is 1. The van der Waals surface area contributed by atoms with Gasteiger partial charge in [-0.05, 0) is 46.2 Å². The highest BCUT2D eigenvalue weighted by Gasteiger charge is 2.30. The fourth-order valence-electron chi connectivity index (χ4n) is 3.31. The van der Waals surface area contributed by atoms with Crippen molar-refractivity contribution in [2.45, 2.75) is 6.04 Å². The molecule has 0 radical (unpaired) electrons. The van der Waals surface area contributed by atoms with Gasteiger partial charge in [0, 0.05) is 0 Å². The second-order valence-electron chi connectivity index (χ2n) is 6.37. The molecule has 4 nitrogen and oxygen atoms in total. The molecule has 3 aromatic carbocycles.